The van der Waals surface area contributed by atoms with E-state index in [9.17, 15) is 30.6 Å². The molecule has 0 spiro atoms. The van der Waals surface area contributed by atoms with Crippen LogP contribution in [-0.4, -0.2) is 122 Å². The summed E-state index contributed by atoms with van der Waals surface area (Å²) in [7, 11) is 0. The molecule has 0 aliphatic carbocycles. The molecule has 0 heterocycles. The van der Waals surface area contributed by atoms with Gasteiger partial charge in [-0.05, 0) is 23.3 Å². The third kappa shape index (κ3) is 9.31. The van der Waals surface area contributed by atoms with Crippen LogP contribution in [0.5, 0.6) is 5.75 Å². The number of benzene rings is 1. The van der Waals surface area contributed by atoms with Crippen molar-refractivity contribution in [2.45, 2.75) is 48.1 Å². The standard InChI is InChI=1S/C20H35NO9S2/c22-8-17(26)19(28)15(24)6-21(7-16(25)20(29)18(27)9-23)3-4-30-14-2-1-12(10-31)13(5-14)11-32/h1-2,5,15-20,22-29,31-32H,3-4,6-11H2/t15-,16-,17+,18+,19-,20-/m0/s1. The highest BCUT2D eigenvalue weighted by molar-refractivity contribution is 7.79. The van der Waals surface area contributed by atoms with E-state index in [0.717, 1.165) is 11.1 Å². The topological polar surface area (TPSA) is 174 Å². The maximum Gasteiger partial charge on any atom is 0.119 e. The predicted molar refractivity (Wildman–Crippen MR) is 124 cm³/mol. The largest absolute Gasteiger partial charge is 0.492 e. The normalized spacial score (nSPS) is 17.6. The predicted octanol–water partition coefficient (Wildman–Crippen LogP) is -2.62. The molecule has 0 radical (unpaired) electrons. The van der Waals surface area contributed by atoms with Crippen LogP contribution in [0.2, 0.25) is 0 Å². The van der Waals surface area contributed by atoms with Gasteiger partial charge in [-0.25, -0.2) is 0 Å². The number of hydrogen-bond donors (Lipinski definition) is 10. The van der Waals surface area contributed by atoms with Gasteiger partial charge in [-0.1, -0.05) is 6.07 Å². The molecule has 0 amide bonds. The van der Waals surface area contributed by atoms with Crippen molar-refractivity contribution in [1.29, 1.82) is 0 Å². The van der Waals surface area contributed by atoms with Gasteiger partial charge in [0.05, 0.1) is 25.4 Å². The van der Waals surface area contributed by atoms with Crippen molar-refractivity contribution < 1.29 is 45.6 Å². The van der Waals surface area contributed by atoms with Crippen LogP contribution in [0.15, 0.2) is 18.2 Å². The summed E-state index contributed by atoms with van der Waals surface area (Å²) in [6.07, 6.45) is -9.34. The van der Waals surface area contributed by atoms with Gasteiger partial charge in [-0.15, -0.1) is 0 Å². The molecule has 1 aromatic carbocycles. The molecule has 32 heavy (non-hydrogen) atoms. The second-order valence-corrected chi connectivity index (χ2v) is 8.10. The second kappa shape index (κ2) is 15.3. The third-order valence-corrected chi connectivity index (χ3v) is 5.72. The highest BCUT2D eigenvalue weighted by Gasteiger charge is 2.30. The Morgan fingerprint density at radius 2 is 1.25 bits per heavy atom. The van der Waals surface area contributed by atoms with Crippen molar-refractivity contribution in [1.82, 2.24) is 4.90 Å². The van der Waals surface area contributed by atoms with Gasteiger partial charge in [0.15, 0.2) is 0 Å². The molecule has 0 unspecified atom stereocenters. The van der Waals surface area contributed by atoms with Crippen molar-refractivity contribution in [3.63, 3.8) is 0 Å². The molecule has 10 nitrogen and oxygen atoms in total. The molecule has 6 atom stereocenters. The van der Waals surface area contributed by atoms with E-state index in [2.05, 4.69) is 25.3 Å². The highest BCUT2D eigenvalue weighted by Crippen LogP contribution is 2.21. The van der Waals surface area contributed by atoms with Gasteiger partial charge in [0.25, 0.3) is 0 Å². The minimum absolute atomic E-state index is 0.114. The minimum atomic E-state index is -1.64. The zero-order chi connectivity index (χ0) is 24.3. The van der Waals surface area contributed by atoms with E-state index in [1.165, 1.54) is 4.90 Å². The number of rotatable bonds is 16. The number of ether oxygens (including phenoxy) is 1. The van der Waals surface area contributed by atoms with E-state index >= 15 is 0 Å². The summed E-state index contributed by atoms with van der Waals surface area (Å²) < 4.78 is 5.73. The molecule has 0 fully saturated rings. The van der Waals surface area contributed by atoms with Crippen LogP contribution in [0.3, 0.4) is 0 Å². The van der Waals surface area contributed by atoms with E-state index in [1.807, 2.05) is 12.1 Å². The van der Waals surface area contributed by atoms with E-state index in [-0.39, 0.29) is 26.2 Å². The van der Waals surface area contributed by atoms with E-state index < -0.39 is 49.8 Å². The van der Waals surface area contributed by atoms with Crippen molar-refractivity contribution in [2.24, 2.45) is 0 Å². The molecule has 1 aromatic rings. The molecular weight excluding hydrogens is 462 g/mol. The Morgan fingerprint density at radius 1 is 0.750 bits per heavy atom. The summed E-state index contributed by atoms with van der Waals surface area (Å²) >= 11 is 8.56. The number of hydrogen-bond acceptors (Lipinski definition) is 12. The van der Waals surface area contributed by atoms with Crippen molar-refractivity contribution in [2.75, 3.05) is 39.5 Å². The van der Waals surface area contributed by atoms with Crippen LogP contribution < -0.4 is 4.74 Å². The lowest BCUT2D eigenvalue weighted by Gasteiger charge is -2.32. The van der Waals surface area contributed by atoms with E-state index in [0.29, 0.717) is 17.3 Å². The van der Waals surface area contributed by atoms with Crippen LogP contribution >= 0.6 is 25.3 Å². The van der Waals surface area contributed by atoms with Gasteiger partial charge >= 0.3 is 0 Å². The highest BCUT2D eigenvalue weighted by atomic mass is 32.1. The first-order valence-electron chi connectivity index (χ1n) is 10.2. The Labute approximate surface area is 198 Å². The van der Waals surface area contributed by atoms with Crippen molar-refractivity contribution in [3.05, 3.63) is 29.3 Å². The average Bonchev–Trinajstić information content (AvgIpc) is 2.81. The fraction of sp³-hybridized carbons (Fsp3) is 0.700. The zero-order valence-electron chi connectivity index (χ0n) is 17.7. The summed E-state index contributed by atoms with van der Waals surface area (Å²) in [5, 5.41) is 77.1. The second-order valence-electron chi connectivity index (χ2n) is 7.47. The van der Waals surface area contributed by atoms with Crippen molar-refractivity contribution in [3.8, 4) is 5.75 Å². The van der Waals surface area contributed by atoms with Gasteiger partial charge in [-0.2, -0.15) is 25.3 Å². The molecule has 0 aliphatic rings. The Bertz CT molecular complexity index is 633. The first kappa shape index (κ1) is 29.4. The molecule has 1 rings (SSSR count). The lowest BCUT2D eigenvalue weighted by atomic mass is 10.1. The minimum Gasteiger partial charge on any atom is -0.492 e. The molecule has 0 bridgehead atoms. The van der Waals surface area contributed by atoms with E-state index in [4.69, 9.17) is 14.9 Å². The molecule has 8 N–H and O–H groups in total. The van der Waals surface area contributed by atoms with Gasteiger partial charge in [0.1, 0.15) is 36.8 Å². The summed E-state index contributed by atoms with van der Waals surface area (Å²) in [6.45, 7) is -1.71. The number of aliphatic hydroxyl groups excluding tert-OH is 8. The molecule has 0 saturated carbocycles. The monoisotopic (exact) mass is 497 g/mol. The first-order chi connectivity index (χ1) is 15.2. The Kier molecular flexibility index (Phi) is 14.1. The first-order valence-corrected chi connectivity index (χ1v) is 11.4. The molecule has 0 aromatic heterocycles. The summed E-state index contributed by atoms with van der Waals surface area (Å²) in [5.74, 6) is 1.64. The summed E-state index contributed by atoms with van der Waals surface area (Å²) in [4.78, 5) is 1.46. The molecule has 0 aliphatic heterocycles. The van der Waals surface area contributed by atoms with Crippen LogP contribution in [0.25, 0.3) is 0 Å². The van der Waals surface area contributed by atoms with Crippen molar-refractivity contribution >= 4 is 25.3 Å². The zero-order valence-corrected chi connectivity index (χ0v) is 19.5. The Hall–Kier alpha value is -0.640. The fourth-order valence-corrected chi connectivity index (χ4v) is 3.62. The lowest BCUT2D eigenvalue weighted by molar-refractivity contribution is -0.101. The van der Waals surface area contributed by atoms with Gasteiger partial charge in [0.2, 0.25) is 0 Å². The van der Waals surface area contributed by atoms with E-state index in [1.54, 1.807) is 6.07 Å². The molecule has 186 valence electrons. The maximum atomic E-state index is 10.2. The van der Waals surface area contributed by atoms with Crippen LogP contribution in [0.1, 0.15) is 11.1 Å². The lowest BCUT2D eigenvalue weighted by Crippen LogP contribution is -2.51. The van der Waals surface area contributed by atoms with Crippen LogP contribution in [-0.2, 0) is 11.5 Å². The number of thiol groups is 2. The Morgan fingerprint density at radius 3 is 1.69 bits per heavy atom. The van der Waals surface area contributed by atoms with Gasteiger partial charge in [-0.3, -0.25) is 4.90 Å². The SMILES string of the molecule is OC[C@@H](O)[C@@H](O)[C@@H](O)CN(CCOc1ccc(CS)c(CS)c1)C[C@H](O)[C@H](O)[C@H](O)CO. The average molecular weight is 498 g/mol. The molecule has 0 saturated heterocycles. The van der Waals surface area contributed by atoms with Crippen LogP contribution in [0, 0.1) is 0 Å². The van der Waals surface area contributed by atoms with Gasteiger partial charge < -0.3 is 45.6 Å². The maximum absolute atomic E-state index is 10.2. The fourth-order valence-electron chi connectivity index (χ4n) is 3.02. The van der Waals surface area contributed by atoms with Gasteiger partial charge in [0, 0.05) is 31.1 Å². The molecular formula is C20H35NO9S2. The summed E-state index contributed by atoms with van der Waals surface area (Å²) in [6, 6.07) is 5.48. The third-order valence-electron chi connectivity index (χ3n) is 5.04. The quantitative estimate of drug-likeness (QED) is 0.109. The Balaban J connectivity index is 2.81. The number of nitrogens with zero attached hydrogens (tertiary/aromatic N) is 1. The summed E-state index contributed by atoms with van der Waals surface area (Å²) in [5.41, 5.74) is 1.99. The smallest absolute Gasteiger partial charge is 0.119 e. The number of aliphatic hydroxyl groups is 8. The van der Waals surface area contributed by atoms with Crippen LogP contribution in [0.4, 0.5) is 0 Å². The molecule has 12 heteroatoms.